The molecule has 3 heteroatoms. The van der Waals surface area contributed by atoms with E-state index in [4.69, 9.17) is 5.26 Å². The third-order valence-electron chi connectivity index (χ3n) is 2.91. The highest BCUT2D eigenvalue weighted by Crippen LogP contribution is 2.40. The first-order valence-electron chi connectivity index (χ1n) is 5.41. The van der Waals surface area contributed by atoms with Crippen LogP contribution in [0.15, 0.2) is 36.8 Å². The lowest BCUT2D eigenvalue weighted by Gasteiger charge is -2.04. The van der Waals surface area contributed by atoms with Crippen LogP contribution < -0.4 is 0 Å². The molecule has 0 N–H and O–H groups in total. The van der Waals surface area contributed by atoms with Crippen molar-refractivity contribution >= 4 is 0 Å². The predicted molar refractivity (Wildman–Crippen MR) is 60.3 cm³/mol. The normalized spacial score (nSPS) is 14.7. The first-order valence-corrected chi connectivity index (χ1v) is 5.41. The van der Waals surface area contributed by atoms with E-state index in [-0.39, 0.29) is 0 Å². The van der Waals surface area contributed by atoms with E-state index in [1.807, 2.05) is 16.7 Å². The fourth-order valence-electron chi connectivity index (χ4n) is 1.88. The van der Waals surface area contributed by atoms with Crippen molar-refractivity contribution in [1.29, 1.82) is 5.26 Å². The Bertz CT molecular complexity index is 559. The van der Waals surface area contributed by atoms with Crippen LogP contribution in [0.5, 0.6) is 0 Å². The standard InChI is InChI=1S/C13H11N3/c14-7-12-8-16(9-15-12)13-3-1-2-11(6-13)10-4-5-10/h1-3,6,8-10H,4-5H2. The van der Waals surface area contributed by atoms with Gasteiger partial charge < -0.3 is 4.57 Å². The van der Waals surface area contributed by atoms with Gasteiger partial charge in [0.1, 0.15) is 12.4 Å². The van der Waals surface area contributed by atoms with E-state index in [9.17, 15) is 0 Å². The number of benzene rings is 1. The number of nitrogens with zero attached hydrogens (tertiary/aromatic N) is 3. The van der Waals surface area contributed by atoms with Crippen molar-refractivity contribution in [3.8, 4) is 11.8 Å². The Morgan fingerprint density at radius 2 is 2.25 bits per heavy atom. The molecule has 0 amide bonds. The second-order valence-corrected chi connectivity index (χ2v) is 4.15. The lowest BCUT2D eigenvalue weighted by Crippen LogP contribution is -1.91. The molecular weight excluding hydrogens is 198 g/mol. The zero-order chi connectivity index (χ0) is 11.0. The first kappa shape index (κ1) is 9.17. The maximum absolute atomic E-state index is 8.72. The van der Waals surface area contributed by atoms with E-state index in [1.165, 1.54) is 18.4 Å². The van der Waals surface area contributed by atoms with Crippen LogP contribution in [0.3, 0.4) is 0 Å². The summed E-state index contributed by atoms with van der Waals surface area (Å²) in [5, 5.41) is 8.72. The highest BCUT2D eigenvalue weighted by molar-refractivity contribution is 5.39. The van der Waals surface area contributed by atoms with Crippen LogP contribution in [0.25, 0.3) is 5.69 Å². The Morgan fingerprint density at radius 3 is 2.94 bits per heavy atom. The van der Waals surface area contributed by atoms with Gasteiger partial charge in [-0.3, -0.25) is 0 Å². The van der Waals surface area contributed by atoms with Crippen LogP contribution in [-0.4, -0.2) is 9.55 Å². The van der Waals surface area contributed by atoms with Gasteiger partial charge in [-0.15, -0.1) is 0 Å². The third-order valence-corrected chi connectivity index (χ3v) is 2.91. The number of imidazole rings is 1. The van der Waals surface area contributed by atoms with Crippen molar-refractivity contribution in [3.63, 3.8) is 0 Å². The Balaban J connectivity index is 1.99. The molecule has 0 atom stereocenters. The highest BCUT2D eigenvalue weighted by Gasteiger charge is 2.23. The summed E-state index contributed by atoms with van der Waals surface area (Å²) in [6.45, 7) is 0. The predicted octanol–water partition coefficient (Wildman–Crippen LogP) is 2.62. The van der Waals surface area contributed by atoms with Crippen LogP contribution in [0.1, 0.15) is 30.0 Å². The fourth-order valence-corrected chi connectivity index (χ4v) is 1.88. The molecule has 3 rings (SSSR count). The minimum atomic E-state index is 0.455. The molecular formula is C13H11N3. The average molecular weight is 209 g/mol. The third kappa shape index (κ3) is 1.59. The molecule has 1 aromatic heterocycles. The number of hydrogen-bond acceptors (Lipinski definition) is 2. The lowest BCUT2D eigenvalue weighted by molar-refractivity contribution is 1.04. The molecule has 1 fully saturated rings. The van der Waals surface area contributed by atoms with Gasteiger partial charge in [0.15, 0.2) is 5.69 Å². The van der Waals surface area contributed by atoms with E-state index in [2.05, 4.69) is 23.2 Å². The number of rotatable bonds is 2. The molecule has 78 valence electrons. The number of aromatic nitrogens is 2. The summed E-state index contributed by atoms with van der Waals surface area (Å²) in [4.78, 5) is 4.00. The zero-order valence-corrected chi connectivity index (χ0v) is 8.80. The second kappa shape index (κ2) is 3.49. The molecule has 0 radical (unpaired) electrons. The fraction of sp³-hybridized carbons (Fsp3) is 0.231. The van der Waals surface area contributed by atoms with Gasteiger partial charge in [0.2, 0.25) is 0 Å². The molecule has 0 aliphatic heterocycles. The van der Waals surface area contributed by atoms with Gasteiger partial charge >= 0.3 is 0 Å². The van der Waals surface area contributed by atoms with E-state index in [0.717, 1.165) is 11.6 Å². The van der Waals surface area contributed by atoms with Gasteiger partial charge in [-0.05, 0) is 36.5 Å². The topological polar surface area (TPSA) is 41.6 Å². The molecule has 1 aliphatic carbocycles. The van der Waals surface area contributed by atoms with Crippen molar-refractivity contribution in [1.82, 2.24) is 9.55 Å². The molecule has 0 bridgehead atoms. The Hall–Kier alpha value is -2.08. The quantitative estimate of drug-likeness (QED) is 0.762. The Labute approximate surface area is 94.0 Å². The van der Waals surface area contributed by atoms with Crippen LogP contribution >= 0.6 is 0 Å². The maximum Gasteiger partial charge on any atom is 0.158 e. The van der Waals surface area contributed by atoms with E-state index in [1.54, 1.807) is 12.5 Å². The van der Waals surface area contributed by atoms with Crippen molar-refractivity contribution in [3.05, 3.63) is 48.0 Å². The zero-order valence-electron chi connectivity index (χ0n) is 8.80. The van der Waals surface area contributed by atoms with Crippen molar-refractivity contribution in [2.75, 3.05) is 0 Å². The van der Waals surface area contributed by atoms with Gasteiger partial charge in [-0.1, -0.05) is 12.1 Å². The van der Waals surface area contributed by atoms with Gasteiger partial charge in [0, 0.05) is 11.9 Å². The monoisotopic (exact) mass is 209 g/mol. The largest absolute Gasteiger partial charge is 0.305 e. The molecule has 2 aromatic rings. The summed E-state index contributed by atoms with van der Waals surface area (Å²) in [6.07, 6.45) is 6.05. The first-order chi connectivity index (χ1) is 7.86. The summed E-state index contributed by atoms with van der Waals surface area (Å²) in [5.74, 6) is 0.749. The SMILES string of the molecule is N#Cc1cn(-c2cccc(C3CC3)c2)cn1. The molecule has 1 aromatic carbocycles. The summed E-state index contributed by atoms with van der Waals surface area (Å²) in [5.41, 5.74) is 2.93. The number of nitriles is 1. The highest BCUT2D eigenvalue weighted by atomic mass is 15.0. The van der Waals surface area contributed by atoms with E-state index in [0.29, 0.717) is 5.69 Å². The minimum Gasteiger partial charge on any atom is -0.305 e. The Kier molecular flexibility index (Phi) is 2.00. The van der Waals surface area contributed by atoms with Crippen LogP contribution in [0.4, 0.5) is 0 Å². The maximum atomic E-state index is 8.72. The van der Waals surface area contributed by atoms with Crippen LogP contribution in [0, 0.1) is 11.3 Å². The number of hydrogen-bond donors (Lipinski definition) is 0. The van der Waals surface area contributed by atoms with Crippen molar-refractivity contribution < 1.29 is 0 Å². The van der Waals surface area contributed by atoms with Crippen molar-refractivity contribution in [2.24, 2.45) is 0 Å². The molecule has 16 heavy (non-hydrogen) atoms. The van der Waals surface area contributed by atoms with Gasteiger partial charge in [0.25, 0.3) is 0 Å². The van der Waals surface area contributed by atoms with E-state index < -0.39 is 0 Å². The molecule has 1 heterocycles. The summed E-state index contributed by atoms with van der Waals surface area (Å²) in [6, 6.07) is 10.5. The summed E-state index contributed by atoms with van der Waals surface area (Å²) >= 11 is 0. The Morgan fingerprint density at radius 1 is 1.38 bits per heavy atom. The van der Waals surface area contributed by atoms with Gasteiger partial charge in [-0.25, -0.2) is 4.98 Å². The molecule has 0 spiro atoms. The lowest BCUT2D eigenvalue weighted by atomic mass is 10.1. The van der Waals surface area contributed by atoms with Crippen LogP contribution in [0.2, 0.25) is 0 Å². The van der Waals surface area contributed by atoms with Gasteiger partial charge in [0.05, 0.1) is 0 Å². The molecule has 0 saturated heterocycles. The smallest absolute Gasteiger partial charge is 0.158 e. The van der Waals surface area contributed by atoms with Gasteiger partial charge in [-0.2, -0.15) is 5.26 Å². The van der Waals surface area contributed by atoms with Crippen LogP contribution in [-0.2, 0) is 0 Å². The summed E-state index contributed by atoms with van der Waals surface area (Å²) < 4.78 is 1.89. The molecule has 0 unspecified atom stereocenters. The summed E-state index contributed by atoms with van der Waals surface area (Å²) in [7, 11) is 0. The molecule has 1 saturated carbocycles. The minimum absolute atomic E-state index is 0.455. The molecule has 3 nitrogen and oxygen atoms in total. The average Bonchev–Trinajstić information content (AvgIpc) is 3.07. The second-order valence-electron chi connectivity index (χ2n) is 4.15. The van der Waals surface area contributed by atoms with E-state index >= 15 is 0 Å². The molecule has 1 aliphatic rings. The van der Waals surface area contributed by atoms with Crippen molar-refractivity contribution in [2.45, 2.75) is 18.8 Å².